The van der Waals surface area contributed by atoms with Gasteiger partial charge in [-0.2, -0.15) is 0 Å². The van der Waals surface area contributed by atoms with Crippen molar-refractivity contribution < 1.29 is 9.59 Å². The lowest BCUT2D eigenvalue weighted by Gasteiger charge is -2.26. The van der Waals surface area contributed by atoms with Gasteiger partial charge in [0.1, 0.15) is 0 Å². The molecule has 0 aromatic heterocycles. The molecule has 0 aliphatic carbocycles. The van der Waals surface area contributed by atoms with Crippen molar-refractivity contribution in [1.29, 1.82) is 0 Å². The first-order chi connectivity index (χ1) is 10.4. The van der Waals surface area contributed by atoms with Crippen LogP contribution in [0, 0.1) is 5.92 Å². The third-order valence-electron chi connectivity index (χ3n) is 3.70. The summed E-state index contributed by atoms with van der Waals surface area (Å²) in [6.07, 6.45) is 1.00. The zero-order chi connectivity index (χ0) is 16.7. The van der Waals surface area contributed by atoms with E-state index < -0.39 is 12.1 Å². The Balaban J connectivity index is 2.78. The van der Waals surface area contributed by atoms with Crippen LogP contribution in [0.2, 0.25) is 0 Å². The number of urea groups is 1. The van der Waals surface area contributed by atoms with Gasteiger partial charge in [-0.3, -0.25) is 15.4 Å². The Morgan fingerprint density at radius 2 is 1.68 bits per heavy atom. The van der Waals surface area contributed by atoms with Crippen molar-refractivity contribution in [3.8, 4) is 0 Å². The normalized spacial score (nSPS) is 13.5. The van der Waals surface area contributed by atoms with Crippen LogP contribution in [-0.4, -0.2) is 25.0 Å². The lowest BCUT2D eigenvalue weighted by molar-refractivity contribution is -0.121. The highest BCUT2D eigenvalue weighted by atomic mass is 16.2. The summed E-state index contributed by atoms with van der Waals surface area (Å²) < 4.78 is 0. The lowest BCUT2D eigenvalue weighted by atomic mass is 9.94. The molecule has 0 heterocycles. The molecule has 0 radical (unpaired) electrons. The van der Waals surface area contributed by atoms with Crippen molar-refractivity contribution in [1.82, 2.24) is 16.0 Å². The maximum atomic E-state index is 12.0. The Morgan fingerprint density at radius 1 is 1.09 bits per heavy atom. The topological polar surface area (TPSA) is 70.2 Å². The number of carbonyl (C=O) groups excluding carboxylic acids is 2. The van der Waals surface area contributed by atoms with Gasteiger partial charge in [0, 0.05) is 13.1 Å². The van der Waals surface area contributed by atoms with Gasteiger partial charge in [-0.1, -0.05) is 45.0 Å². The number of imide groups is 1. The number of hydrogen-bond donors (Lipinski definition) is 3. The largest absolute Gasteiger partial charge is 0.341 e. The minimum atomic E-state index is -0.493. The second-order valence-corrected chi connectivity index (χ2v) is 5.77. The van der Waals surface area contributed by atoms with Gasteiger partial charge in [0.05, 0.1) is 6.04 Å². The zero-order valence-electron chi connectivity index (χ0n) is 14.1. The van der Waals surface area contributed by atoms with E-state index in [-0.39, 0.29) is 11.9 Å². The molecule has 3 amide bonds. The van der Waals surface area contributed by atoms with Crippen molar-refractivity contribution in [2.75, 3.05) is 7.05 Å². The Morgan fingerprint density at radius 3 is 2.14 bits per heavy atom. The van der Waals surface area contributed by atoms with Gasteiger partial charge >= 0.3 is 6.03 Å². The summed E-state index contributed by atoms with van der Waals surface area (Å²) in [7, 11) is 1.48. The van der Waals surface area contributed by atoms with E-state index in [4.69, 9.17) is 0 Å². The minimum absolute atomic E-state index is 0.0522. The molecular weight excluding hydrogens is 278 g/mol. The van der Waals surface area contributed by atoms with Crippen molar-refractivity contribution >= 4 is 11.9 Å². The fourth-order valence-electron chi connectivity index (χ4n) is 2.26. The van der Waals surface area contributed by atoms with Gasteiger partial charge in [0.15, 0.2) is 0 Å². The van der Waals surface area contributed by atoms with E-state index in [1.807, 2.05) is 0 Å². The summed E-state index contributed by atoms with van der Waals surface area (Å²) in [6, 6.07) is 7.52. The highest BCUT2D eigenvalue weighted by molar-refractivity contribution is 5.96. The van der Waals surface area contributed by atoms with Crippen molar-refractivity contribution in [3.63, 3.8) is 0 Å². The zero-order valence-corrected chi connectivity index (χ0v) is 14.1. The number of aryl methyl sites for hydroxylation is 1. The molecular formula is C17H27N3O2. The molecule has 3 N–H and O–H groups in total. The number of nitrogens with one attached hydrogen (secondary N) is 3. The molecule has 0 spiro atoms. The predicted molar refractivity (Wildman–Crippen MR) is 88.6 cm³/mol. The number of carbonyl (C=O) groups is 2. The molecule has 0 aliphatic rings. The van der Waals surface area contributed by atoms with Crippen LogP contribution >= 0.6 is 0 Å². The van der Waals surface area contributed by atoms with Gasteiger partial charge in [0.2, 0.25) is 5.91 Å². The number of amides is 3. The molecule has 0 saturated carbocycles. The maximum absolute atomic E-state index is 12.0. The van der Waals surface area contributed by atoms with Gasteiger partial charge in [0.25, 0.3) is 0 Å². The van der Waals surface area contributed by atoms with Crippen LogP contribution in [0.5, 0.6) is 0 Å². The molecule has 0 unspecified atom stereocenters. The van der Waals surface area contributed by atoms with Gasteiger partial charge < -0.3 is 5.32 Å². The summed E-state index contributed by atoms with van der Waals surface area (Å²) in [5.41, 5.74) is 2.43. The van der Waals surface area contributed by atoms with Crippen LogP contribution in [0.3, 0.4) is 0 Å². The molecule has 0 aliphatic heterocycles. The first kappa shape index (κ1) is 18.2. The molecule has 122 valence electrons. The number of benzene rings is 1. The number of rotatable bonds is 6. The lowest BCUT2D eigenvalue weighted by Crippen LogP contribution is -2.48. The summed E-state index contributed by atoms with van der Waals surface area (Å²) in [6.45, 7) is 8.09. The molecule has 5 nitrogen and oxygen atoms in total. The molecule has 0 saturated heterocycles. The molecule has 0 fully saturated rings. The average molecular weight is 305 g/mol. The van der Waals surface area contributed by atoms with Crippen LogP contribution < -0.4 is 16.0 Å². The van der Waals surface area contributed by atoms with E-state index in [1.54, 1.807) is 6.92 Å². The first-order valence-corrected chi connectivity index (χ1v) is 7.76. The van der Waals surface area contributed by atoms with Crippen LogP contribution in [0.25, 0.3) is 0 Å². The molecule has 1 rings (SSSR count). The second kappa shape index (κ2) is 8.54. The molecule has 2 atom stereocenters. The Kier molecular flexibility index (Phi) is 7.05. The Labute approximate surface area is 132 Å². The van der Waals surface area contributed by atoms with E-state index in [0.29, 0.717) is 5.92 Å². The Hall–Kier alpha value is -1.88. The maximum Gasteiger partial charge on any atom is 0.321 e. The van der Waals surface area contributed by atoms with E-state index in [2.05, 4.69) is 61.0 Å². The third kappa shape index (κ3) is 5.15. The smallest absolute Gasteiger partial charge is 0.321 e. The van der Waals surface area contributed by atoms with Crippen molar-refractivity contribution in [3.05, 3.63) is 35.4 Å². The van der Waals surface area contributed by atoms with E-state index in [9.17, 15) is 9.59 Å². The van der Waals surface area contributed by atoms with Crippen molar-refractivity contribution in [2.24, 2.45) is 5.92 Å². The molecule has 0 bridgehead atoms. The fourth-order valence-corrected chi connectivity index (χ4v) is 2.26. The standard InChI is InChI=1S/C17H27N3O2/c1-6-13-7-9-14(10-8-13)15(11(2)3)19-12(4)16(21)20-17(22)18-5/h7-12,15,19H,6H2,1-5H3,(H2,18,20,21,22)/t12-,15-/m0/s1. The van der Waals surface area contributed by atoms with Crippen LogP contribution in [0.15, 0.2) is 24.3 Å². The highest BCUT2D eigenvalue weighted by Gasteiger charge is 2.22. The quantitative estimate of drug-likeness (QED) is 0.756. The monoisotopic (exact) mass is 305 g/mol. The molecule has 5 heteroatoms. The SMILES string of the molecule is CCc1ccc([C@@H](N[C@@H](C)C(=O)NC(=O)NC)C(C)C)cc1. The van der Waals surface area contributed by atoms with Gasteiger partial charge in [-0.15, -0.1) is 0 Å². The van der Waals surface area contributed by atoms with E-state index in [0.717, 1.165) is 12.0 Å². The van der Waals surface area contributed by atoms with Crippen LogP contribution in [0.4, 0.5) is 4.79 Å². The molecule has 1 aromatic rings. The summed E-state index contributed by atoms with van der Waals surface area (Å²) in [5.74, 6) is -0.0158. The van der Waals surface area contributed by atoms with E-state index in [1.165, 1.54) is 12.6 Å². The summed E-state index contributed by atoms with van der Waals surface area (Å²) in [4.78, 5) is 23.2. The van der Waals surface area contributed by atoms with Crippen LogP contribution in [-0.2, 0) is 11.2 Å². The first-order valence-electron chi connectivity index (χ1n) is 7.76. The summed E-state index contributed by atoms with van der Waals surface area (Å²) in [5, 5.41) is 7.97. The van der Waals surface area contributed by atoms with E-state index >= 15 is 0 Å². The Bertz CT molecular complexity index is 497. The molecule has 22 heavy (non-hydrogen) atoms. The minimum Gasteiger partial charge on any atom is -0.341 e. The highest BCUT2D eigenvalue weighted by Crippen LogP contribution is 2.22. The average Bonchev–Trinajstić information content (AvgIpc) is 2.51. The van der Waals surface area contributed by atoms with Gasteiger partial charge in [-0.25, -0.2) is 4.79 Å². The predicted octanol–water partition coefficient (Wildman–Crippen LogP) is 2.38. The third-order valence-corrected chi connectivity index (χ3v) is 3.70. The summed E-state index contributed by atoms with van der Waals surface area (Å²) >= 11 is 0. The second-order valence-electron chi connectivity index (χ2n) is 5.77. The van der Waals surface area contributed by atoms with Crippen molar-refractivity contribution in [2.45, 2.75) is 46.2 Å². The molecule has 1 aromatic carbocycles. The number of hydrogen-bond acceptors (Lipinski definition) is 3. The van der Waals surface area contributed by atoms with Crippen LogP contribution in [0.1, 0.15) is 44.9 Å². The fraction of sp³-hybridized carbons (Fsp3) is 0.529. The van der Waals surface area contributed by atoms with Gasteiger partial charge in [-0.05, 0) is 30.4 Å².